The summed E-state index contributed by atoms with van der Waals surface area (Å²) in [5, 5.41) is 14.6. The maximum Gasteiger partial charge on any atom is 0.335 e. The lowest BCUT2D eigenvalue weighted by molar-refractivity contribution is -0.114. The fraction of sp³-hybridized carbons (Fsp3) is 0.190. The van der Waals surface area contributed by atoms with E-state index in [0.29, 0.717) is 39.6 Å². The molecule has 1 aliphatic heterocycles. The standard InChI is InChI=1S/C21H19BrN2O5/c1-4-29-19-17(22)10-13(11-18(19)28-3)9-16-12(2)23-24(20(16)25)15-7-5-14(6-8-15)21(26)27/h5-11H,4H2,1-3H3,(H,26,27). The van der Waals surface area contributed by atoms with Crippen molar-refractivity contribution >= 4 is 45.3 Å². The van der Waals surface area contributed by atoms with E-state index in [1.165, 1.54) is 17.1 Å². The molecule has 1 heterocycles. The highest BCUT2D eigenvalue weighted by Crippen LogP contribution is 2.37. The molecule has 0 saturated carbocycles. The Morgan fingerprint density at radius 2 is 1.97 bits per heavy atom. The Morgan fingerprint density at radius 1 is 1.28 bits per heavy atom. The lowest BCUT2D eigenvalue weighted by Crippen LogP contribution is -2.21. The van der Waals surface area contributed by atoms with Gasteiger partial charge < -0.3 is 14.6 Å². The van der Waals surface area contributed by atoms with Crippen molar-refractivity contribution < 1.29 is 24.2 Å². The largest absolute Gasteiger partial charge is 0.493 e. The molecule has 0 radical (unpaired) electrons. The summed E-state index contributed by atoms with van der Waals surface area (Å²) in [4.78, 5) is 23.9. The number of ether oxygens (including phenoxy) is 2. The lowest BCUT2D eigenvalue weighted by atomic mass is 10.1. The van der Waals surface area contributed by atoms with Crippen LogP contribution in [0.15, 0.2) is 51.5 Å². The number of benzene rings is 2. The molecule has 0 unspecified atom stereocenters. The highest BCUT2D eigenvalue weighted by molar-refractivity contribution is 9.10. The van der Waals surface area contributed by atoms with Crippen LogP contribution in [0.3, 0.4) is 0 Å². The molecule has 150 valence electrons. The van der Waals surface area contributed by atoms with E-state index in [4.69, 9.17) is 14.6 Å². The van der Waals surface area contributed by atoms with Gasteiger partial charge in [0.15, 0.2) is 11.5 Å². The van der Waals surface area contributed by atoms with Crippen LogP contribution < -0.4 is 14.5 Å². The first-order valence-electron chi connectivity index (χ1n) is 8.81. The molecular formula is C21H19BrN2O5. The SMILES string of the molecule is CCOc1c(Br)cc(C=C2C(=O)N(c3ccc(C(=O)O)cc3)N=C2C)cc1OC. The van der Waals surface area contributed by atoms with E-state index in [1.54, 1.807) is 38.3 Å². The van der Waals surface area contributed by atoms with Crippen molar-refractivity contribution in [2.24, 2.45) is 5.10 Å². The first-order valence-corrected chi connectivity index (χ1v) is 9.60. The Morgan fingerprint density at radius 3 is 2.55 bits per heavy atom. The Labute approximate surface area is 176 Å². The minimum atomic E-state index is -1.03. The fourth-order valence-electron chi connectivity index (χ4n) is 2.88. The van der Waals surface area contributed by atoms with E-state index >= 15 is 0 Å². The van der Waals surface area contributed by atoms with Crippen LogP contribution in [0.25, 0.3) is 6.08 Å². The quantitative estimate of drug-likeness (QED) is 0.649. The lowest BCUT2D eigenvalue weighted by Gasteiger charge is -2.13. The Kier molecular flexibility index (Phi) is 6.03. The molecule has 0 fully saturated rings. The van der Waals surface area contributed by atoms with Crippen LogP contribution in [-0.2, 0) is 4.79 Å². The van der Waals surface area contributed by atoms with Crippen LogP contribution >= 0.6 is 15.9 Å². The Hall–Kier alpha value is -3.13. The third kappa shape index (κ3) is 4.17. The topological polar surface area (TPSA) is 88.4 Å². The predicted octanol–water partition coefficient (Wildman–Crippen LogP) is 4.36. The summed E-state index contributed by atoms with van der Waals surface area (Å²) >= 11 is 3.48. The maximum absolute atomic E-state index is 12.9. The van der Waals surface area contributed by atoms with Crippen molar-refractivity contribution in [1.82, 2.24) is 0 Å². The molecule has 8 heteroatoms. The van der Waals surface area contributed by atoms with Crippen molar-refractivity contribution in [3.63, 3.8) is 0 Å². The zero-order valence-corrected chi connectivity index (χ0v) is 17.7. The smallest absolute Gasteiger partial charge is 0.335 e. The van der Waals surface area contributed by atoms with E-state index in [-0.39, 0.29) is 11.5 Å². The van der Waals surface area contributed by atoms with E-state index < -0.39 is 5.97 Å². The molecule has 0 spiro atoms. The number of halogens is 1. The molecule has 29 heavy (non-hydrogen) atoms. The van der Waals surface area contributed by atoms with Gasteiger partial charge in [-0.2, -0.15) is 10.1 Å². The molecule has 2 aromatic carbocycles. The minimum Gasteiger partial charge on any atom is -0.493 e. The summed E-state index contributed by atoms with van der Waals surface area (Å²) in [6.45, 7) is 4.13. The number of carboxylic acids is 1. The fourth-order valence-corrected chi connectivity index (χ4v) is 3.45. The van der Waals surface area contributed by atoms with E-state index in [1.807, 2.05) is 13.0 Å². The molecule has 2 aromatic rings. The number of anilines is 1. The zero-order valence-electron chi connectivity index (χ0n) is 16.1. The summed E-state index contributed by atoms with van der Waals surface area (Å²) < 4.78 is 11.7. The number of hydrogen-bond acceptors (Lipinski definition) is 5. The minimum absolute atomic E-state index is 0.142. The van der Waals surface area contributed by atoms with Gasteiger partial charge >= 0.3 is 5.97 Å². The van der Waals surface area contributed by atoms with Gasteiger partial charge in [0, 0.05) is 0 Å². The van der Waals surface area contributed by atoms with Crippen molar-refractivity contribution in [2.75, 3.05) is 18.7 Å². The third-order valence-electron chi connectivity index (χ3n) is 4.27. The molecule has 3 rings (SSSR count). The van der Waals surface area contributed by atoms with Gasteiger partial charge in [0.1, 0.15) is 0 Å². The normalized spacial score (nSPS) is 14.9. The van der Waals surface area contributed by atoms with Crippen LogP contribution in [0.2, 0.25) is 0 Å². The van der Waals surface area contributed by atoms with Crippen molar-refractivity contribution in [1.29, 1.82) is 0 Å². The number of methoxy groups -OCH3 is 1. The molecular weight excluding hydrogens is 440 g/mol. The number of aromatic carboxylic acids is 1. The zero-order chi connectivity index (χ0) is 21.1. The van der Waals surface area contributed by atoms with Crippen LogP contribution in [0.1, 0.15) is 29.8 Å². The van der Waals surface area contributed by atoms with Crippen LogP contribution in [-0.4, -0.2) is 36.4 Å². The monoisotopic (exact) mass is 458 g/mol. The first kappa shape index (κ1) is 20.6. The molecule has 0 aliphatic carbocycles. The molecule has 0 atom stereocenters. The average Bonchev–Trinajstić information content (AvgIpc) is 2.98. The van der Waals surface area contributed by atoms with Crippen molar-refractivity contribution in [3.05, 3.63) is 57.6 Å². The number of carboxylic acid groups (broad SMARTS) is 1. The molecule has 1 aliphatic rings. The average molecular weight is 459 g/mol. The highest BCUT2D eigenvalue weighted by atomic mass is 79.9. The number of hydrogen-bond donors (Lipinski definition) is 1. The predicted molar refractivity (Wildman–Crippen MR) is 114 cm³/mol. The maximum atomic E-state index is 12.9. The van der Waals surface area contributed by atoms with Gasteiger partial charge in [-0.3, -0.25) is 4.79 Å². The van der Waals surface area contributed by atoms with Gasteiger partial charge in [-0.15, -0.1) is 0 Å². The molecule has 7 nitrogen and oxygen atoms in total. The Balaban J connectivity index is 1.93. The van der Waals surface area contributed by atoms with Crippen LogP contribution in [0.4, 0.5) is 5.69 Å². The van der Waals surface area contributed by atoms with Gasteiger partial charge in [-0.1, -0.05) is 0 Å². The first-order chi connectivity index (χ1) is 13.8. The summed E-state index contributed by atoms with van der Waals surface area (Å²) in [6.07, 6.45) is 1.73. The summed E-state index contributed by atoms with van der Waals surface area (Å²) in [7, 11) is 1.55. The number of nitrogens with zero attached hydrogens (tertiary/aromatic N) is 2. The molecule has 1 N–H and O–H groups in total. The van der Waals surface area contributed by atoms with Crippen molar-refractivity contribution in [2.45, 2.75) is 13.8 Å². The number of carbonyl (C=O) groups is 2. The van der Waals surface area contributed by atoms with E-state index in [9.17, 15) is 9.59 Å². The molecule has 0 saturated heterocycles. The van der Waals surface area contributed by atoms with Gasteiger partial charge in [0.05, 0.1) is 40.7 Å². The third-order valence-corrected chi connectivity index (χ3v) is 4.86. The van der Waals surface area contributed by atoms with Crippen molar-refractivity contribution in [3.8, 4) is 11.5 Å². The van der Waals surface area contributed by atoms with E-state index in [0.717, 1.165) is 5.56 Å². The number of rotatable bonds is 6. The molecule has 1 amide bonds. The van der Waals surface area contributed by atoms with Gasteiger partial charge in [-0.05, 0) is 77.8 Å². The number of amides is 1. The van der Waals surface area contributed by atoms with Crippen LogP contribution in [0.5, 0.6) is 11.5 Å². The van der Waals surface area contributed by atoms with Gasteiger partial charge in [0.25, 0.3) is 5.91 Å². The highest BCUT2D eigenvalue weighted by Gasteiger charge is 2.29. The summed E-state index contributed by atoms with van der Waals surface area (Å²) in [5.41, 5.74) is 2.38. The second-order valence-corrected chi connectivity index (χ2v) is 7.03. The summed E-state index contributed by atoms with van der Waals surface area (Å²) in [6, 6.07) is 9.60. The molecule has 0 bridgehead atoms. The second kappa shape index (κ2) is 8.48. The number of hydrazone groups is 1. The Bertz CT molecular complexity index is 1030. The molecule has 0 aromatic heterocycles. The number of carbonyl (C=O) groups excluding carboxylic acids is 1. The van der Waals surface area contributed by atoms with Gasteiger partial charge in [0.2, 0.25) is 0 Å². The second-order valence-electron chi connectivity index (χ2n) is 6.18. The van der Waals surface area contributed by atoms with E-state index in [2.05, 4.69) is 21.0 Å². The van der Waals surface area contributed by atoms with Gasteiger partial charge in [-0.25, -0.2) is 4.79 Å². The van der Waals surface area contributed by atoms with Crippen LogP contribution in [0, 0.1) is 0 Å². The summed E-state index contributed by atoms with van der Waals surface area (Å²) in [5.74, 6) is -0.177.